The molecule has 3 atom stereocenters. The van der Waals surface area contributed by atoms with Crippen molar-refractivity contribution in [1.82, 2.24) is 40.4 Å². The second-order valence-electron chi connectivity index (χ2n) is 17.8. The van der Waals surface area contributed by atoms with Crippen LogP contribution >= 0.6 is 0 Å². The van der Waals surface area contributed by atoms with Gasteiger partial charge in [-0.15, -0.1) is 12.8 Å². The minimum atomic E-state index is -3.28. The lowest BCUT2D eigenvalue weighted by Crippen LogP contribution is -2.45. The summed E-state index contributed by atoms with van der Waals surface area (Å²) < 4.78 is 42.1. The van der Waals surface area contributed by atoms with Crippen molar-refractivity contribution < 1.29 is 37.4 Å². The van der Waals surface area contributed by atoms with E-state index in [0.29, 0.717) is 51.7 Å². The Labute approximate surface area is 391 Å². The van der Waals surface area contributed by atoms with E-state index in [0.717, 1.165) is 43.2 Å². The predicted octanol–water partition coefficient (Wildman–Crippen LogP) is 9.72. The number of rotatable bonds is 11. The van der Waals surface area contributed by atoms with Gasteiger partial charge < -0.3 is 39.9 Å². The summed E-state index contributed by atoms with van der Waals surface area (Å²) in [5.74, 6) is -2.36. The first-order valence-electron chi connectivity index (χ1n) is 22.9. The number of hydrogen-bond acceptors (Lipinski definition) is 8. The van der Waals surface area contributed by atoms with Gasteiger partial charge in [-0.1, -0.05) is 77.8 Å². The van der Waals surface area contributed by atoms with Crippen LogP contribution in [0.5, 0.6) is 0 Å². The van der Waals surface area contributed by atoms with E-state index in [1.165, 1.54) is 33.1 Å². The third-order valence-electron chi connectivity index (χ3n) is 12.4. The number of benzene rings is 3. The van der Waals surface area contributed by atoms with E-state index in [4.69, 9.17) is 4.98 Å². The van der Waals surface area contributed by atoms with Crippen LogP contribution in [0, 0.1) is 24.2 Å². The van der Waals surface area contributed by atoms with E-state index in [2.05, 4.69) is 82.5 Å². The smallest absolute Gasteiger partial charge is 0.407 e. The SMILES string of the molecule is C#C.CCC.CCC.COC(=O)NCC(=O)N(Cc1ncc(-c2ccc3c(c2)C(F)(F)c2cc(-c4ccc5nc([C@@H]6[C@H]7CC[C@H](C7)N6C(=O)CNC(=O)OC)[nH]c5c4)ccc2-3)[nH]1)CC1(C)CC1. The summed E-state index contributed by atoms with van der Waals surface area (Å²) in [7, 11) is 2.48. The standard InChI is InChI=1S/C43H44F2N8O6.2C3H8.C2H2/c1-42(12-13-42)22-52(36(54)19-47-40(56)58-2)21-35-46-18-34(49-35)25-6-10-29-28-9-5-23(15-30(28)43(44,45)31(29)16-25)24-7-11-32-33(17-24)51-39(50-32)38-26-4-8-27(14-26)53(38)37(55)20-48-41(57)59-3;2*1-3-2;1-2/h5-7,9-11,15-18,26-27,38H,4,8,12-14,19-22H2,1-3H3,(H,46,49)(H,47,56)(H,48,57)(H,50,51);2*3H2,1-2H3;1-2H/t26-,27+,38-;;;/m0.../s1. The number of imidazole rings is 2. The van der Waals surface area contributed by atoms with Crippen LogP contribution in [0.25, 0.3) is 44.5 Å². The van der Waals surface area contributed by atoms with E-state index >= 15 is 8.78 Å². The highest BCUT2D eigenvalue weighted by atomic mass is 19.3. The highest BCUT2D eigenvalue weighted by Gasteiger charge is 2.50. The van der Waals surface area contributed by atoms with Gasteiger partial charge in [0.2, 0.25) is 11.8 Å². The van der Waals surface area contributed by atoms with Gasteiger partial charge in [0.15, 0.2) is 0 Å². The van der Waals surface area contributed by atoms with Gasteiger partial charge in [-0.05, 0) is 90.0 Å². The Hall–Kier alpha value is -6.76. The topological polar surface area (TPSA) is 175 Å². The molecule has 2 saturated carbocycles. The van der Waals surface area contributed by atoms with Gasteiger partial charge in [0.1, 0.15) is 24.7 Å². The molecule has 2 aromatic heterocycles. The number of terminal acetylenes is 1. The quantitative estimate of drug-likeness (QED) is 0.0948. The number of fused-ring (bicyclic) bond motifs is 6. The number of carbonyl (C=O) groups is 4. The van der Waals surface area contributed by atoms with E-state index in [9.17, 15) is 19.2 Å². The van der Waals surface area contributed by atoms with Crippen molar-refractivity contribution in [1.29, 1.82) is 0 Å². The van der Waals surface area contributed by atoms with Gasteiger partial charge in [-0.2, -0.15) is 8.78 Å². The molecule has 14 nitrogen and oxygen atoms in total. The molecule has 3 heterocycles. The largest absolute Gasteiger partial charge is 0.453 e. The van der Waals surface area contributed by atoms with Crippen LogP contribution in [0.15, 0.2) is 60.8 Å². The molecule has 4 N–H and O–H groups in total. The molecule has 1 aliphatic heterocycles. The number of nitrogens with one attached hydrogen (secondary N) is 4. The number of nitrogens with zero attached hydrogens (tertiary/aromatic N) is 4. The number of ether oxygens (including phenoxy) is 2. The number of alkyl halides is 2. The molecule has 0 spiro atoms. The molecule has 356 valence electrons. The zero-order chi connectivity index (χ0) is 48.6. The summed E-state index contributed by atoms with van der Waals surface area (Å²) in [5, 5.41) is 4.93. The predicted molar refractivity (Wildman–Crippen MR) is 254 cm³/mol. The first-order chi connectivity index (χ1) is 32.2. The Balaban J connectivity index is 0.000000869. The summed E-state index contributed by atoms with van der Waals surface area (Å²) in [6.07, 6.45) is 15.4. The number of aromatic amines is 2. The first kappa shape index (κ1) is 49.7. The molecule has 1 saturated heterocycles. The lowest BCUT2D eigenvalue weighted by Gasteiger charge is -2.34. The van der Waals surface area contributed by atoms with Gasteiger partial charge in [0.25, 0.3) is 5.92 Å². The van der Waals surface area contributed by atoms with Crippen molar-refractivity contribution in [3.05, 3.63) is 83.6 Å². The van der Waals surface area contributed by atoms with Crippen molar-refractivity contribution in [2.75, 3.05) is 33.9 Å². The molecule has 5 aromatic rings. The van der Waals surface area contributed by atoms with Crippen LogP contribution in [0.4, 0.5) is 18.4 Å². The number of amides is 4. The van der Waals surface area contributed by atoms with Gasteiger partial charge >= 0.3 is 12.2 Å². The highest BCUT2D eigenvalue weighted by molar-refractivity contribution is 5.88. The summed E-state index contributed by atoms with van der Waals surface area (Å²) in [6, 6.07) is 15.6. The zero-order valence-corrected chi connectivity index (χ0v) is 39.4. The zero-order valence-electron chi connectivity index (χ0n) is 39.4. The third-order valence-corrected chi connectivity index (χ3v) is 12.4. The highest BCUT2D eigenvalue weighted by Crippen LogP contribution is 2.53. The van der Waals surface area contributed by atoms with Crippen molar-refractivity contribution in [3.8, 4) is 46.4 Å². The number of methoxy groups -OCH3 is 2. The van der Waals surface area contributed by atoms with Crippen LogP contribution in [-0.4, -0.2) is 93.6 Å². The van der Waals surface area contributed by atoms with Crippen LogP contribution in [0.1, 0.15) is 108 Å². The second-order valence-corrected chi connectivity index (χ2v) is 17.8. The molecule has 16 heteroatoms. The molecule has 3 fully saturated rings. The molecular formula is C51H62F2N8O6. The minimum absolute atomic E-state index is 0.000371. The van der Waals surface area contributed by atoms with Crippen LogP contribution < -0.4 is 10.6 Å². The normalized spacial score (nSPS) is 18.4. The molecular weight excluding hydrogens is 859 g/mol. The molecule has 3 aromatic carbocycles. The Morgan fingerprint density at radius 1 is 0.836 bits per heavy atom. The second kappa shape index (κ2) is 21.3. The first-order valence-corrected chi connectivity index (χ1v) is 22.9. The molecule has 9 rings (SSSR count). The summed E-state index contributed by atoms with van der Waals surface area (Å²) in [4.78, 5) is 69.1. The third kappa shape index (κ3) is 10.8. The number of aromatic nitrogens is 4. The van der Waals surface area contributed by atoms with Crippen LogP contribution in [0.2, 0.25) is 0 Å². The molecule has 67 heavy (non-hydrogen) atoms. The number of hydrogen-bond donors (Lipinski definition) is 4. The average molecular weight is 921 g/mol. The number of piperidine rings is 1. The van der Waals surface area contributed by atoms with Crippen LogP contribution in [0.3, 0.4) is 0 Å². The minimum Gasteiger partial charge on any atom is -0.453 e. The number of halogens is 2. The number of alkyl carbamates (subject to hydrolysis) is 2. The van der Waals surface area contributed by atoms with Gasteiger partial charge in [-0.3, -0.25) is 9.59 Å². The van der Waals surface area contributed by atoms with Gasteiger partial charge in [0, 0.05) is 29.3 Å². The molecule has 4 aliphatic rings. The lowest BCUT2D eigenvalue weighted by molar-refractivity contribution is -0.135. The van der Waals surface area contributed by atoms with E-state index in [1.807, 2.05) is 29.2 Å². The fourth-order valence-electron chi connectivity index (χ4n) is 9.10. The maximum Gasteiger partial charge on any atom is 0.407 e. The Bertz CT molecular complexity index is 2600. The number of likely N-dealkylation sites (tertiary alicyclic amines) is 1. The van der Waals surface area contributed by atoms with E-state index in [1.54, 1.807) is 35.4 Å². The van der Waals surface area contributed by atoms with E-state index < -0.39 is 18.1 Å². The summed E-state index contributed by atoms with van der Waals surface area (Å²) in [5.41, 5.74) is 4.58. The molecule has 4 amide bonds. The Morgan fingerprint density at radius 2 is 1.42 bits per heavy atom. The monoisotopic (exact) mass is 920 g/mol. The van der Waals surface area contributed by atoms with E-state index in [-0.39, 0.29) is 66.0 Å². The Morgan fingerprint density at radius 3 is 2.04 bits per heavy atom. The molecule has 3 aliphatic carbocycles. The maximum absolute atomic E-state index is 16.4. The fraction of sp³-hybridized carbons (Fsp3) is 0.451. The lowest BCUT2D eigenvalue weighted by atomic mass is 9.98. The molecule has 0 unspecified atom stereocenters. The van der Waals surface area contributed by atoms with Gasteiger partial charge in [-0.25, -0.2) is 19.6 Å². The van der Waals surface area contributed by atoms with Crippen molar-refractivity contribution in [2.24, 2.45) is 11.3 Å². The van der Waals surface area contributed by atoms with Crippen molar-refractivity contribution >= 4 is 35.0 Å². The molecule has 2 bridgehead atoms. The van der Waals surface area contributed by atoms with Gasteiger partial charge in [0.05, 0.1) is 49.7 Å². The Kier molecular flexibility index (Phi) is 15.8. The summed E-state index contributed by atoms with van der Waals surface area (Å²) in [6.45, 7) is 10.9. The van der Waals surface area contributed by atoms with Crippen molar-refractivity contribution in [2.45, 2.75) is 104 Å². The maximum atomic E-state index is 16.4. The molecule has 0 radical (unpaired) electrons. The van der Waals surface area contributed by atoms with Crippen molar-refractivity contribution in [3.63, 3.8) is 0 Å². The average Bonchev–Trinajstić information content (AvgIpc) is 3.91. The number of H-pyrrole nitrogens is 2. The number of carbonyl (C=O) groups excluding carboxylic acids is 4. The fourth-order valence-corrected chi connectivity index (χ4v) is 9.10. The summed E-state index contributed by atoms with van der Waals surface area (Å²) >= 11 is 0. The van der Waals surface area contributed by atoms with Crippen LogP contribution in [-0.2, 0) is 31.5 Å².